The van der Waals surface area contributed by atoms with E-state index in [9.17, 15) is 5.11 Å². The standard InChI is InChI=1S/C17H28N2O/c1-3-11-18-14(2)15-7-9-16(10-8-15)19-12-5-4-6-17(19)13-20/h7-10,14,17-18,20H,3-6,11-13H2,1-2H3. The molecule has 0 saturated carbocycles. The van der Waals surface area contributed by atoms with Crippen LogP contribution in [0.4, 0.5) is 5.69 Å². The van der Waals surface area contributed by atoms with Crippen molar-refractivity contribution in [3.63, 3.8) is 0 Å². The van der Waals surface area contributed by atoms with Crippen LogP contribution < -0.4 is 10.2 Å². The zero-order valence-electron chi connectivity index (χ0n) is 12.8. The van der Waals surface area contributed by atoms with Gasteiger partial charge in [0.2, 0.25) is 0 Å². The van der Waals surface area contributed by atoms with Crippen molar-refractivity contribution in [2.45, 2.75) is 51.6 Å². The number of anilines is 1. The SMILES string of the molecule is CCCNC(C)c1ccc(N2CCCCC2CO)cc1. The summed E-state index contributed by atoms with van der Waals surface area (Å²) in [5.41, 5.74) is 2.58. The highest BCUT2D eigenvalue weighted by Gasteiger charge is 2.21. The van der Waals surface area contributed by atoms with Gasteiger partial charge in [-0.3, -0.25) is 0 Å². The average molecular weight is 276 g/mol. The average Bonchev–Trinajstić information content (AvgIpc) is 2.52. The van der Waals surface area contributed by atoms with Crippen molar-refractivity contribution in [3.05, 3.63) is 29.8 Å². The second kappa shape index (κ2) is 7.65. The Morgan fingerprint density at radius 2 is 2.05 bits per heavy atom. The molecule has 1 saturated heterocycles. The lowest BCUT2D eigenvalue weighted by molar-refractivity contribution is 0.240. The smallest absolute Gasteiger partial charge is 0.0635 e. The molecular formula is C17H28N2O. The van der Waals surface area contributed by atoms with Crippen molar-refractivity contribution < 1.29 is 5.11 Å². The van der Waals surface area contributed by atoms with Gasteiger partial charge in [0, 0.05) is 18.3 Å². The van der Waals surface area contributed by atoms with Crippen molar-refractivity contribution in [1.29, 1.82) is 0 Å². The number of piperidine rings is 1. The molecule has 3 heteroatoms. The Hall–Kier alpha value is -1.06. The van der Waals surface area contributed by atoms with Gasteiger partial charge in [-0.25, -0.2) is 0 Å². The minimum atomic E-state index is 0.260. The fraction of sp³-hybridized carbons (Fsp3) is 0.647. The summed E-state index contributed by atoms with van der Waals surface area (Å²) < 4.78 is 0. The Kier molecular flexibility index (Phi) is 5.86. The molecule has 1 aliphatic rings. The minimum Gasteiger partial charge on any atom is -0.394 e. The number of aliphatic hydroxyl groups excluding tert-OH is 1. The van der Waals surface area contributed by atoms with Crippen LogP contribution in [-0.4, -0.2) is 30.8 Å². The molecule has 0 radical (unpaired) electrons. The summed E-state index contributed by atoms with van der Waals surface area (Å²) in [4.78, 5) is 2.36. The fourth-order valence-electron chi connectivity index (χ4n) is 2.96. The molecule has 1 heterocycles. The molecule has 1 aromatic carbocycles. The second-order valence-corrected chi connectivity index (χ2v) is 5.79. The summed E-state index contributed by atoms with van der Waals surface area (Å²) in [5.74, 6) is 0. The summed E-state index contributed by atoms with van der Waals surface area (Å²) in [6.45, 7) is 6.78. The summed E-state index contributed by atoms with van der Waals surface area (Å²) in [7, 11) is 0. The van der Waals surface area contributed by atoms with Gasteiger partial charge < -0.3 is 15.3 Å². The minimum absolute atomic E-state index is 0.260. The lowest BCUT2D eigenvalue weighted by Gasteiger charge is -2.36. The highest BCUT2D eigenvalue weighted by molar-refractivity contribution is 5.49. The highest BCUT2D eigenvalue weighted by Crippen LogP contribution is 2.26. The van der Waals surface area contributed by atoms with E-state index in [0.717, 1.165) is 25.9 Å². The number of hydrogen-bond donors (Lipinski definition) is 2. The zero-order valence-corrected chi connectivity index (χ0v) is 12.8. The molecule has 0 spiro atoms. The molecule has 0 bridgehead atoms. The lowest BCUT2D eigenvalue weighted by atomic mass is 10.0. The molecular weight excluding hydrogens is 248 g/mol. The first kappa shape index (κ1) is 15.3. The van der Waals surface area contributed by atoms with Crippen molar-refractivity contribution >= 4 is 5.69 Å². The van der Waals surface area contributed by atoms with Crippen LogP contribution in [-0.2, 0) is 0 Å². The first-order valence-corrected chi connectivity index (χ1v) is 7.97. The molecule has 2 unspecified atom stereocenters. The summed E-state index contributed by atoms with van der Waals surface area (Å²) in [5, 5.41) is 13.0. The number of rotatable bonds is 6. The maximum Gasteiger partial charge on any atom is 0.0635 e. The van der Waals surface area contributed by atoms with Crippen LogP contribution in [0.5, 0.6) is 0 Å². The molecule has 112 valence electrons. The van der Waals surface area contributed by atoms with Crippen LogP contribution in [0, 0.1) is 0 Å². The molecule has 20 heavy (non-hydrogen) atoms. The van der Waals surface area contributed by atoms with Gasteiger partial charge in [0.05, 0.1) is 12.6 Å². The second-order valence-electron chi connectivity index (χ2n) is 5.79. The van der Waals surface area contributed by atoms with Crippen LogP contribution >= 0.6 is 0 Å². The maximum absolute atomic E-state index is 9.51. The summed E-state index contributed by atoms with van der Waals surface area (Å²) in [6, 6.07) is 9.53. The van der Waals surface area contributed by atoms with Crippen LogP contribution in [0.15, 0.2) is 24.3 Å². The highest BCUT2D eigenvalue weighted by atomic mass is 16.3. The molecule has 1 aliphatic heterocycles. The first-order chi connectivity index (χ1) is 9.76. The van der Waals surface area contributed by atoms with Crippen molar-refractivity contribution in [2.75, 3.05) is 24.6 Å². The normalized spacial score (nSPS) is 20.9. The molecule has 0 amide bonds. The Balaban J connectivity index is 2.03. The van der Waals surface area contributed by atoms with E-state index in [0.29, 0.717) is 12.1 Å². The molecule has 2 atom stereocenters. The van der Waals surface area contributed by atoms with Gasteiger partial charge in [0.1, 0.15) is 0 Å². The number of aliphatic hydroxyl groups is 1. The quantitative estimate of drug-likeness (QED) is 0.838. The van der Waals surface area contributed by atoms with Crippen molar-refractivity contribution in [3.8, 4) is 0 Å². The topological polar surface area (TPSA) is 35.5 Å². The molecule has 2 N–H and O–H groups in total. The van der Waals surface area contributed by atoms with Gasteiger partial charge >= 0.3 is 0 Å². The number of nitrogens with one attached hydrogen (secondary N) is 1. The molecule has 0 aromatic heterocycles. The number of nitrogens with zero attached hydrogens (tertiary/aromatic N) is 1. The van der Waals surface area contributed by atoms with Gasteiger partial charge in [0.25, 0.3) is 0 Å². The Morgan fingerprint density at radius 1 is 1.30 bits per heavy atom. The Labute approximate surface area is 123 Å². The summed E-state index contributed by atoms with van der Waals surface area (Å²) in [6.07, 6.45) is 4.73. The van der Waals surface area contributed by atoms with Crippen LogP contribution in [0.2, 0.25) is 0 Å². The van der Waals surface area contributed by atoms with E-state index in [1.807, 2.05) is 0 Å². The monoisotopic (exact) mass is 276 g/mol. The van der Waals surface area contributed by atoms with E-state index in [2.05, 4.69) is 48.3 Å². The van der Waals surface area contributed by atoms with Gasteiger partial charge in [-0.05, 0) is 56.8 Å². The van der Waals surface area contributed by atoms with Crippen molar-refractivity contribution in [2.24, 2.45) is 0 Å². The van der Waals surface area contributed by atoms with Crippen LogP contribution in [0.1, 0.15) is 51.1 Å². The molecule has 1 fully saturated rings. The molecule has 1 aromatic rings. The third-order valence-corrected chi connectivity index (χ3v) is 4.26. The van der Waals surface area contributed by atoms with Gasteiger partial charge in [-0.2, -0.15) is 0 Å². The van der Waals surface area contributed by atoms with Crippen LogP contribution in [0.25, 0.3) is 0 Å². The summed E-state index contributed by atoms with van der Waals surface area (Å²) >= 11 is 0. The van der Waals surface area contributed by atoms with E-state index in [1.165, 1.54) is 24.1 Å². The van der Waals surface area contributed by atoms with E-state index >= 15 is 0 Å². The van der Waals surface area contributed by atoms with E-state index in [-0.39, 0.29) is 6.61 Å². The fourth-order valence-corrected chi connectivity index (χ4v) is 2.96. The van der Waals surface area contributed by atoms with Gasteiger partial charge in [-0.1, -0.05) is 19.1 Å². The number of benzene rings is 1. The largest absolute Gasteiger partial charge is 0.394 e. The van der Waals surface area contributed by atoms with Crippen molar-refractivity contribution in [1.82, 2.24) is 5.32 Å². The van der Waals surface area contributed by atoms with E-state index in [4.69, 9.17) is 0 Å². The molecule has 2 rings (SSSR count). The third-order valence-electron chi connectivity index (χ3n) is 4.26. The molecule has 3 nitrogen and oxygen atoms in total. The Bertz CT molecular complexity index is 390. The number of hydrogen-bond acceptors (Lipinski definition) is 3. The maximum atomic E-state index is 9.51. The van der Waals surface area contributed by atoms with E-state index < -0.39 is 0 Å². The van der Waals surface area contributed by atoms with Gasteiger partial charge in [0.15, 0.2) is 0 Å². The predicted octanol–water partition coefficient (Wildman–Crippen LogP) is 3.10. The van der Waals surface area contributed by atoms with E-state index in [1.54, 1.807) is 0 Å². The lowest BCUT2D eigenvalue weighted by Crippen LogP contribution is -2.41. The molecule has 0 aliphatic carbocycles. The first-order valence-electron chi connectivity index (χ1n) is 7.97. The predicted molar refractivity (Wildman–Crippen MR) is 85.2 cm³/mol. The third kappa shape index (κ3) is 3.74. The van der Waals surface area contributed by atoms with Crippen LogP contribution in [0.3, 0.4) is 0 Å². The Morgan fingerprint density at radius 3 is 2.70 bits per heavy atom. The van der Waals surface area contributed by atoms with Gasteiger partial charge in [-0.15, -0.1) is 0 Å². The zero-order chi connectivity index (χ0) is 14.4.